The second-order valence-electron chi connectivity index (χ2n) is 5.21. The molecule has 1 aromatic carbocycles. The van der Waals surface area contributed by atoms with Crippen LogP contribution in [-0.2, 0) is 16.1 Å². The Morgan fingerprint density at radius 1 is 1.36 bits per heavy atom. The van der Waals surface area contributed by atoms with Crippen molar-refractivity contribution in [2.75, 3.05) is 13.7 Å². The fourth-order valence-electron chi connectivity index (χ4n) is 2.21. The maximum atomic E-state index is 11.9. The van der Waals surface area contributed by atoms with Gasteiger partial charge in [0, 0.05) is 6.08 Å². The number of carbonyl (C=O) groups excluding carboxylic acids is 1. The maximum Gasteiger partial charge on any atom is 0.331 e. The molecule has 1 heterocycles. The molecule has 0 fully saturated rings. The Morgan fingerprint density at radius 2 is 2.12 bits per heavy atom. The van der Waals surface area contributed by atoms with E-state index >= 15 is 0 Å². The number of nitrogens with zero attached hydrogens (tertiary/aromatic N) is 1. The lowest BCUT2D eigenvalue weighted by atomic mass is 10.2. The predicted molar refractivity (Wildman–Crippen MR) is 94.0 cm³/mol. The lowest BCUT2D eigenvalue weighted by Gasteiger charge is -2.11. The SMILES string of the molecule is CCOc1cc(/C=C/C(=O)OCc2c(C)noc2C)cc(Cl)c1OC. The third-order valence-electron chi connectivity index (χ3n) is 3.49. The molecule has 0 spiro atoms. The van der Waals surface area contributed by atoms with Crippen molar-refractivity contribution in [3.8, 4) is 11.5 Å². The monoisotopic (exact) mass is 365 g/mol. The van der Waals surface area contributed by atoms with Gasteiger partial charge in [-0.1, -0.05) is 16.8 Å². The molecule has 0 unspecified atom stereocenters. The number of methoxy groups -OCH3 is 1. The van der Waals surface area contributed by atoms with E-state index in [0.717, 1.165) is 5.56 Å². The Morgan fingerprint density at radius 3 is 2.72 bits per heavy atom. The van der Waals surface area contributed by atoms with Gasteiger partial charge in [0.1, 0.15) is 12.4 Å². The van der Waals surface area contributed by atoms with Crippen molar-refractivity contribution >= 4 is 23.6 Å². The van der Waals surface area contributed by atoms with Crippen LogP contribution < -0.4 is 9.47 Å². The van der Waals surface area contributed by atoms with Crippen LogP contribution in [0.3, 0.4) is 0 Å². The Balaban J connectivity index is 2.06. The number of aromatic nitrogens is 1. The van der Waals surface area contributed by atoms with E-state index in [1.807, 2.05) is 6.92 Å². The molecule has 0 aliphatic rings. The summed E-state index contributed by atoms with van der Waals surface area (Å²) in [6, 6.07) is 3.42. The number of benzene rings is 1. The summed E-state index contributed by atoms with van der Waals surface area (Å²) in [5.41, 5.74) is 2.17. The van der Waals surface area contributed by atoms with Crippen LogP contribution in [-0.4, -0.2) is 24.8 Å². The molecular formula is C18H20ClNO5. The predicted octanol–water partition coefficient (Wildman–Crippen LogP) is 4.11. The van der Waals surface area contributed by atoms with Gasteiger partial charge >= 0.3 is 5.97 Å². The van der Waals surface area contributed by atoms with Crippen molar-refractivity contribution < 1.29 is 23.5 Å². The van der Waals surface area contributed by atoms with Crippen LogP contribution in [0.15, 0.2) is 22.7 Å². The van der Waals surface area contributed by atoms with E-state index in [-0.39, 0.29) is 6.61 Å². The highest BCUT2D eigenvalue weighted by Gasteiger charge is 2.12. The first-order chi connectivity index (χ1) is 12.0. The molecule has 2 rings (SSSR count). The van der Waals surface area contributed by atoms with Crippen molar-refractivity contribution in [2.24, 2.45) is 0 Å². The Bertz CT molecular complexity index is 763. The number of halogens is 1. The zero-order valence-electron chi connectivity index (χ0n) is 14.6. The van der Waals surface area contributed by atoms with Gasteiger partial charge in [-0.05, 0) is 44.5 Å². The first-order valence-corrected chi connectivity index (χ1v) is 8.11. The fraction of sp³-hybridized carbons (Fsp3) is 0.333. The molecule has 0 saturated heterocycles. The van der Waals surface area contributed by atoms with Gasteiger partial charge in [-0.25, -0.2) is 4.79 Å². The average Bonchev–Trinajstić information content (AvgIpc) is 2.89. The summed E-state index contributed by atoms with van der Waals surface area (Å²) in [5, 5.41) is 4.22. The van der Waals surface area contributed by atoms with Crippen LogP contribution in [0.1, 0.15) is 29.5 Å². The maximum absolute atomic E-state index is 11.9. The van der Waals surface area contributed by atoms with E-state index < -0.39 is 5.97 Å². The minimum absolute atomic E-state index is 0.109. The lowest BCUT2D eigenvalue weighted by molar-refractivity contribution is -0.138. The van der Waals surface area contributed by atoms with Gasteiger partial charge in [-0.2, -0.15) is 0 Å². The molecule has 6 nitrogen and oxygen atoms in total. The van der Waals surface area contributed by atoms with Crippen LogP contribution in [0.5, 0.6) is 11.5 Å². The van der Waals surface area contributed by atoms with E-state index in [4.69, 9.17) is 30.3 Å². The fourth-order valence-corrected chi connectivity index (χ4v) is 2.51. The third kappa shape index (κ3) is 4.76. The molecule has 0 amide bonds. The number of ether oxygens (including phenoxy) is 3. The number of aryl methyl sites for hydroxylation is 2. The van der Waals surface area contributed by atoms with Gasteiger partial charge in [0.25, 0.3) is 0 Å². The normalized spacial score (nSPS) is 10.9. The van der Waals surface area contributed by atoms with Gasteiger partial charge in [0.15, 0.2) is 11.5 Å². The van der Waals surface area contributed by atoms with Crippen molar-refractivity contribution in [1.82, 2.24) is 5.16 Å². The van der Waals surface area contributed by atoms with Gasteiger partial charge in [0.05, 0.1) is 30.0 Å². The molecule has 0 saturated carbocycles. The molecule has 134 valence electrons. The Kier molecular flexibility index (Phi) is 6.47. The summed E-state index contributed by atoms with van der Waals surface area (Å²) >= 11 is 6.18. The lowest BCUT2D eigenvalue weighted by Crippen LogP contribution is -2.02. The smallest absolute Gasteiger partial charge is 0.331 e. The van der Waals surface area contributed by atoms with Crippen LogP contribution in [0.25, 0.3) is 6.08 Å². The first kappa shape index (κ1) is 18.9. The van der Waals surface area contributed by atoms with Gasteiger partial charge in [0.2, 0.25) is 0 Å². The number of hydrogen-bond acceptors (Lipinski definition) is 6. The summed E-state index contributed by atoms with van der Waals surface area (Å²) in [5.74, 6) is 1.13. The summed E-state index contributed by atoms with van der Waals surface area (Å²) in [7, 11) is 1.52. The first-order valence-electron chi connectivity index (χ1n) is 7.73. The highest BCUT2D eigenvalue weighted by Crippen LogP contribution is 2.36. The molecule has 7 heteroatoms. The minimum Gasteiger partial charge on any atom is -0.491 e. The van der Waals surface area contributed by atoms with Crippen molar-refractivity contribution in [1.29, 1.82) is 0 Å². The van der Waals surface area contributed by atoms with E-state index in [1.165, 1.54) is 13.2 Å². The minimum atomic E-state index is -0.482. The molecule has 0 aliphatic heterocycles. The average molecular weight is 366 g/mol. The standard InChI is InChI=1S/C18H20ClNO5/c1-5-23-16-9-13(8-15(19)18(16)22-4)6-7-17(21)24-10-14-11(2)20-25-12(14)3/h6-9H,5,10H2,1-4H3/b7-6+. The number of carbonyl (C=O) groups is 1. The highest BCUT2D eigenvalue weighted by atomic mass is 35.5. The molecule has 25 heavy (non-hydrogen) atoms. The number of esters is 1. The largest absolute Gasteiger partial charge is 0.491 e. The summed E-state index contributed by atoms with van der Waals surface area (Å²) in [6.07, 6.45) is 2.93. The molecule has 1 aromatic heterocycles. The second kappa shape index (κ2) is 8.58. The van der Waals surface area contributed by atoms with E-state index in [0.29, 0.717) is 40.1 Å². The van der Waals surface area contributed by atoms with E-state index in [9.17, 15) is 4.79 Å². The molecule has 2 aromatic rings. The molecule has 0 N–H and O–H groups in total. The quantitative estimate of drug-likeness (QED) is 0.543. The summed E-state index contributed by atoms with van der Waals surface area (Å²) in [4.78, 5) is 11.9. The Labute approximate surface area is 151 Å². The van der Waals surface area contributed by atoms with Crippen molar-refractivity contribution in [3.63, 3.8) is 0 Å². The van der Waals surface area contributed by atoms with Gasteiger partial charge < -0.3 is 18.7 Å². The third-order valence-corrected chi connectivity index (χ3v) is 3.77. The molecule has 0 bridgehead atoms. The summed E-state index contributed by atoms with van der Waals surface area (Å²) < 4.78 is 21.0. The van der Waals surface area contributed by atoms with Gasteiger partial charge in [-0.3, -0.25) is 0 Å². The van der Waals surface area contributed by atoms with E-state index in [1.54, 1.807) is 32.1 Å². The summed E-state index contributed by atoms with van der Waals surface area (Å²) in [6.45, 7) is 6.01. The number of hydrogen-bond donors (Lipinski definition) is 0. The van der Waals surface area contributed by atoms with Crippen LogP contribution in [0.4, 0.5) is 0 Å². The zero-order valence-corrected chi connectivity index (χ0v) is 15.3. The number of rotatable bonds is 7. The van der Waals surface area contributed by atoms with E-state index in [2.05, 4.69) is 5.16 Å². The van der Waals surface area contributed by atoms with Crippen LogP contribution >= 0.6 is 11.6 Å². The van der Waals surface area contributed by atoms with Crippen molar-refractivity contribution in [2.45, 2.75) is 27.4 Å². The molecule has 0 radical (unpaired) electrons. The van der Waals surface area contributed by atoms with Gasteiger partial charge in [-0.15, -0.1) is 0 Å². The molecular weight excluding hydrogens is 346 g/mol. The zero-order chi connectivity index (χ0) is 18.4. The topological polar surface area (TPSA) is 70.8 Å². The van der Waals surface area contributed by atoms with Crippen molar-refractivity contribution in [3.05, 3.63) is 45.8 Å². The highest BCUT2D eigenvalue weighted by molar-refractivity contribution is 6.32. The van der Waals surface area contributed by atoms with Crippen LogP contribution in [0.2, 0.25) is 5.02 Å². The molecule has 0 aliphatic carbocycles. The molecule has 0 atom stereocenters. The second-order valence-corrected chi connectivity index (χ2v) is 5.62. The Hall–Kier alpha value is -2.47. The van der Waals surface area contributed by atoms with Crippen LogP contribution in [0, 0.1) is 13.8 Å².